The van der Waals surface area contributed by atoms with Crippen molar-refractivity contribution in [3.05, 3.63) is 107 Å². The molecule has 5 N–H and O–H groups in total. The molecule has 3 rings (SSSR count). The normalized spacial score (nSPS) is 10.7. The summed E-state index contributed by atoms with van der Waals surface area (Å²) in [6.07, 6.45) is 0. The van der Waals surface area contributed by atoms with Gasteiger partial charge in [-0.25, -0.2) is 4.99 Å². The molecule has 27 heavy (non-hydrogen) atoms. The zero-order valence-corrected chi connectivity index (χ0v) is 15.4. The highest BCUT2D eigenvalue weighted by molar-refractivity contribution is 5.75. The lowest BCUT2D eigenvalue weighted by atomic mass is 9.91. The number of hydrogen-bond donors (Lipinski definition) is 3. The first-order chi connectivity index (χ1) is 13.2. The van der Waals surface area contributed by atoms with Gasteiger partial charge in [-0.05, 0) is 22.3 Å². The van der Waals surface area contributed by atoms with E-state index < -0.39 is 0 Å². The minimum absolute atomic E-state index is 0.118. The first-order valence-corrected chi connectivity index (χ1v) is 9.16. The summed E-state index contributed by atoms with van der Waals surface area (Å²) in [5.74, 6) is 0.435. The van der Waals surface area contributed by atoms with Crippen LogP contribution in [0.2, 0.25) is 0 Å². The highest BCUT2D eigenvalue weighted by Crippen LogP contribution is 2.23. The molecule has 3 aromatic carbocycles. The standard InChI is InChI=1S/C23H26N4/c24-23(25)27-16-19-9-7-8-18(14-19)15-26-17-22(20-10-3-1-4-11-20)21-12-5-2-6-13-21/h1-14,22,26H,15-17H2,(H4,24,25,27). The molecule has 3 aromatic rings. The third-order valence-electron chi connectivity index (χ3n) is 4.52. The lowest BCUT2D eigenvalue weighted by Gasteiger charge is -2.19. The van der Waals surface area contributed by atoms with E-state index >= 15 is 0 Å². The van der Waals surface area contributed by atoms with Crippen LogP contribution in [0.3, 0.4) is 0 Å². The van der Waals surface area contributed by atoms with Gasteiger partial charge >= 0.3 is 0 Å². The van der Waals surface area contributed by atoms with Crippen LogP contribution in [0.25, 0.3) is 0 Å². The molecule has 0 spiro atoms. The molecule has 0 aromatic heterocycles. The highest BCUT2D eigenvalue weighted by Gasteiger charge is 2.13. The number of guanidine groups is 1. The van der Waals surface area contributed by atoms with Crippen molar-refractivity contribution in [3.63, 3.8) is 0 Å². The summed E-state index contributed by atoms with van der Waals surface area (Å²) in [6, 6.07) is 29.6. The number of nitrogens with two attached hydrogens (primary N) is 2. The van der Waals surface area contributed by atoms with Crippen LogP contribution in [-0.2, 0) is 13.1 Å². The molecule has 0 bridgehead atoms. The fourth-order valence-corrected chi connectivity index (χ4v) is 3.18. The number of rotatable bonds is 8. The fraction of sp³-hybridized carbons (Fsp3) is 0.174. The van der Waals surface area contributed by atoms with Crippen molar-refractivity contribution in [3.8, 4) is 0 Å². The van der Waals surface area contributed by atoms with Crippen molar-refractivity contribution in [2.45, 2.75) is 19.0 Å². The van der Waals surface area contributed by atoms with Crippen molar-refractivity contribution in [2.75, 3.05) is 6.54 Å². The summed E-state index contributed by atoms with van der Waals surface area (Å²) in [4.78, 5) is 4.08. The topological polar surface area (TPSA) is 76.4 Å². The number of benzene rings is 3. The van der Waals surface area contributed by atoms with Gasteiger partial charge in [0.2, 0.25) is 0 Å². The molecule has 0 radical (unpaired) electrons. The van der Waals surface area contributed by atoms with E-state index in [0.29, 0.717) is 12.5 Å². The molecule has 0 aliphatic carbocycles. The third-order valence-corrected chi connectivity index (χ3v) is 4.52. The molecule has 0 unspecified atom stereocenters. The van der Waals surface area contributed by atoms with Gasteiger partial charge in [-0.1, -0.05) is 84.9 Å². The van der Waals surface area contributed by atoms with E-state index in [4.69, 9.17) is 11.5 Å². The average Bonchev–Trinajstić information content (AvgIpc) is 2.71. The second-order valence-electron chi connectivity index (χ2n) is 6.57. The second-order valence-corrected chi connectivity index (χ2v) is 6.57. The first-order valence-electron chi connectivity index (χ1n) is 9.16. The Labute approximate surface area is 160 Å². The molecule has 0 atom stereocenters. The first kappa shape index (κ1) is 18.7. The van der Waals surface area contributed by atoms with E-state index in [1.54, 1.807) is 0 Å². The van der Waals surface area contributed by atoms with E-state index in [-0.39, 0.29) is 5.96 Å². The fourth-order valence-electron chi connectivity index (χ4n) is 3.18. The van der Waals surface area contributed by atoms with Crippen molar-refractivity contribution in [1.82, 2.24) is 5.32 Å². The van der Waals surface area contributed by atoms with Crippen LogP contribution in [0.4, 0.5) is 0 Å². The van der Waals surface area contributed by atoms with E-state index in [9.17, 15) is 0 Å². The Hall–Kier alpha value is -3.11. The molecule has 0 saturated heterocycles. The minimum atomic E-state index is 0.118. The molecule has 0 amide bonds. The van der Waals surface area contributed by atoms with Crippen molar-refractivity contribution in [1.29, 1.82) is 0 Å². The number of nitrogens with one attached hydrogen (secondary N) is 1. The van der Waals surface area contributed by atoms with Crippen molar-refractivity contribution < 1.29 is 0 Å². The lowest BCUT2D eigenvalue weighted by molar-refractivity contribution is 0.635. The van der Waals surface area contributed by atoms with Crippen LogP contribution in [0, 0.1) is 0 Å². The summed E-state index contributed by atoms with van der Waals surface area (Å²) < 4.78 is 0. The van der Waals surface area contributed by atoms with Crippen LogP contribution in [0.5, 0.6) is 0 Å². The Kier molecular flexibility index (Phi) is 6.61. The van der Waals surface area contributed by atoms with Crippen LogP contribution in [0.15, 0.2) is 89.9 Å². The average molecular weight is 358 g/mol. The second kappa shape index (κ2) is 9.55. The summed E-state index contributed by atoms with van der Waals surface area (Å²) in [6.45, 7) is 2.17. The van der Waals surface area contributed by atoms with Gasteiger partial charge in [0.05, 0.1) is 6.54 Å². The third kappa shape index (κ3) is 5.69. The van der Waals surface area contributed by atoms with Gasteiger partial charge in [-0.15, -0.1) is 0 Å². The summed E-state index contributed by atoms with van der Waals surface area (Å²) in [7, 11) is 0. The van der Waals surface area contributed by atoms with Gasteiger partial charge in [0.15, 0.2) is 5.96 Å². The monoisotopic (exact) mass is 358 g/mol. The van der Waals surface area contributed by atoms with Crippen LogP contribution < -0.4 is 16.8 Å². The van der Waals surface area contributed by atoms with Gasteiger partial charge in [0.25, 0.3) is 0 Å². The quantitative estimate of drug-likeness (QED) is 0.427. The number of aliphatic imine (C=N–C) groups is 1. The van der Waals surface area contributed by atoms with E-state index in [2.05, 4.69) is 83.1 Å². The molecule has 4 heteroatoms. The molecular formula is C23H26N4. The van der Waals surface area contributed by atoms with E-state index in [1.807, 2.05) is 12.1 Å². The van der Waals surface area contributed by atoms with Crippen LogP contribution >= 0.6 is 0 Å². The zero-order valence-electron chi connectivity index (χ0n) is 15.4. The van der Waals surface area contributed by atoms with Crippen molar-refractivity contribution >= 4 is 5.96 Å². The summed E-state index contributed by atoms with van der Waals surface area (Å²) in [5, 5.41) is 3.61. The van der Waals surface area contributed by atoms with Gasteiger partial charge in [0, 0.05) is 19.0 Å². The maximum Gasteiger partial charge on any atom is 0.186 e. The number of hydrogen-bond acceptors (Lipinski definition) is 2. The summed E-state index contributed by atoms with van der Waals surface area (Å²) in [5.41, 5.74) is 15.8. The Morgan fingerprint density at radius 2 is 1.37 bits per heavy atom. The lowest BCUT2D eigenvalue weighted by Crippen LogP contribution is -2.23. The molecule has 0 heterocycles. The van der Waals surface area contributed by atoms with Gasteiger partial charge in [-0.2, -0.15) is 0 Å². The summed E-state index contributed by atoms with van der Waals surface area (Å²) >= 11 is 0. The minimum Gasteiger partial charge on any atom is -0.370 e. The number of nitrogens with zero attached hydrogens (tertiary/aromatic N) is 1. The van der Waals surface area contributed by atoms with Gasteiger partial charge in [0.1, 0.15) is 0 Å². The largest absolute Gasteiger partial charge is 0.370 e. The maximum atomic E-state index is 5.42. The van der Waals surface area contributed by atoms with Crippen LogP contribution in [0.1, 0.15) is 28.2 Å². The molecule has 138 valence electrons. The predicted molar refractivity (Wildman–Crippen MR) is 112 cm³/mol. The highest BCUT2D eigenvalue weighted by atomic mass is 15.0. The Morgan fingerprint density at radius 3 is 1.96 bits per heavy atom. The smallest absolute Gasteiger partial charge is 0.186 e. The molecule has 0 fully saturated rings. The molecule has 0 aliphatic rings. The Morgan fingerprint density at radius 1 is 0.778 bits per heavy atom. The molecule has 0 aliphatic heterocycles. The Bertz CT molecular complexity index is 816. The SMILES string of the molecule is NC(N)=NCc1cccc(CNCC(c2ccccc2)c2ccccc2)c1. The Balaban J connectivity index is 1.66. The zero-order chi connectivity index (χ0) is 18.9. The van der Waals surface area contributed by atoms with E-state index in [0.717, 1.165) is 18.7 Å². The molecule has 4 nitrogen and oxygen atoms in total. The van der Waals surface area contributed by atoms with E-state index in [1.165, 1.54) is 16.7 Å². The van der Waals surface area contributed by atoms with Gasteiger partial charge in [-0.3, -0.25) is 0 Å². The predicted octanol–water partition coefficient (Wildman–Crippen LogP) is 3.38. The molecule has 0 saturated carbocycles. The van der Waals surface area contributed by atoms with Crippen LogP contribution in [-0.4, -0.2) is 12.5 Å². The maximum absolute atomic E-state index is 5.42. The van der Waals surface area contributed by atoms with Gasteiger partial charge < -0.3 is 16.8 Å². The molecular weight excluding hydrogens is 332 g/mol. The van der Waals surface area contributed by atoms with Crippen molar-refractivity contribution in [2.24, 2.45) is 16.5 Å².